The molecule has 0 bridgehead atoms. The Morgan fingerprint density at radius 2 is 1.73 bits per heavy atom. The summed E-state index contributed by atoms with van der Waals surface area (Å²) >= 11 is 0. The van der Waals surface area contributed by atoms with E-state index in [4.69, 9.17) is 10.8 Å². The quantitative estimate of drug-likeness (QED) is 0.693. The molecule has 0 unspecified atom stereocenters. The zero-order valence-corrected chi connectivity index (χ0v) is 8.22. The second-order valence-electron chi connectivity index (χ2n) is 3.58. The molecule has 0 saturated carbocycles. The van der Waals surface area contributed by atoms with E-state index in [2.05, 4.69) is 0 Å². The molecule has 0 heterocycles. The third-order valence-corrected chi connectivity index (χ3v) is 2.47. The summed E-state index contributed by atoms with van der Waals surface area (Å²) in [6.07, 6.45) is 0. The Labute approximate surface area is 87.8 Å². The van der Waals surface area contributed by atoms with Crippen LogP contribution >= 0.6 is 0 Å². The topological polar surface area (TPSA) is 66.5 Å². The number of aromatic hydroxyl groups is 1. The van der Waals surface area contributed by atoms with Crippen molar-refractivity contribution in [3.05, 3.63) is 42.0 Å². The van der Waals surface area contributed by atoms with Crippen LogP contribution in [0, 0.1) is 0 Å². The summed E-state index contributed by atoms with van der Waals surface area (Å²) in [4.78, 5) is 0. The minimum atomic E-state index is -0.344. The molecule has 3 heteroatoms. The van der Waals surface area contributed by atoms with Gasteiger partial charge in [0, 0.05) is 0 Å². The Morgan fingerprint density at radius 1 is 1.07 bits per heavy atom. The Bertz CT molecular complexity index is 482. The van der Waals surface area contributed by atoms with Gasteiger partial charge in [-0.2, -0.15) is 0 Å². The molecular weight excluding hydrogens is 190 g/mol. The second-order valence-corrected chi connectivity index (χ2v) is 3.58. The van der Waals surface area contributed by atoms with Crippen molar-refractivity contribution >= 4 is 10.8 Å². The Hall–Kier alpha value is -1.58. The van der Waals surface area contributed by atoms with Gasteiger partial charge in [0.1, 0.15) is 5.75 Å². The number of fused-ring (bicyclic) bond motifs is 1. The van der Waals surface area contributed by atoms with Gasteiger partial charge in [-0.25, -0.2) is 0 Å². The van der Waals surface area contributed by atoms with Crippen molar-refractivity contribution in [1.82, 2.24) is 0 Å². The van der Waals surface area contributed by atoms with E-state index in [0.29, 0.717) is 0 Å². The van der Waals surface area contributed by atoms with Crippen molar-refractivity contribution < 1.29 is 10.2 Å². The molecule has 2 aromatic carbocycles. The highest BCUT2D eigenvalue weighted by Gasteiger charge is 2.04. The molecule has 0 aliphatic carbocycles. The minimum Gasteiger partial charge on any atom is -0.508 e. The molecule has 0 spiro atoms. The lowest BCUT2D eigenvalue weighted by atomic mass is 10.0. The highest BCUT2D eigenvalue weighted by Crippen LogP contribution is 2.22. The maximum atomic E-state index is 9.29. The summed E-state index contributed by atoms with van der Waals surface area (Å²) in [5, 5.41) is 20.2. The first-order valence-electron chi connectivity index (χ1n) is 4.80. The van der Waals surface area contributed by atoms with Crippen LogP contribution < -0.4 is 5.73 Å². The number of benzene rings is 2. The van der Waals surface area contributed by atoms with Crippen LogP contribution in [0.15, 0.2) is 36.4 Å². The molecule has 0 aromatic heterocycles. The standard InChI is InChI=1S/C12H13NO2/c13-12(7-14)10-2-1-9-6-11(15)4-3-8(9)5-10/h1-6,12,14-15H,7,13H2/t12-/m0/s1. The van der Waals surface area contributed by atoms with Crippen molar-refractivity contribution in [2.24, 2.45) is 5.73 Å². The lowest BCUT2D eigenvalue weighted by molar-refractivity contribution is 0.268. The van der Waals surface area contributed by atoms with E-state index < -0.39 is 0 Å². The predicted molar refractivity (Wildman–Crippen MR) is 59.6 cm³/mol. The highest BCUT2D eigenvalue weighted by molar-refractivity contribution is 5.84. The first-order chi connectivity index (χ1) is 7.20. The van der Waals surface area contributed by atoms with Crippen LogP contribution in [0.25, 0.3) is 10.8 Å². The summed E-state index contributed by atoms with van der Waals surface area (Å²) in [7, 11) is 0. The fraction of sp³-hybridized carbons (Fsp3) is 0.167. The molecule has 1 atom stereocenters. The monoisotopic (exact) mass is 203 g/mol. The molecule has 0 amide bonds. The minimum absolute atomic E-state index is 0.0659. The summed E-state index contributed by atoms with van der Waals surface area (Å²) in [5.41, 5.74) is 6.61. The summed E-state index contributed by atoms with van der Waals surface area (Å²) in [6, 6.07) is 10.5. The fourth-order valence-corrected chi connectivity index (χ4v) is 1.59. The van der Waals surface area contributed by atoms with Crippen molar-refractivity contribution in [3.63, 3.8) is 0 Å². The number of hydrogen-bond donors (Lipinski definition) is 3. The maximum Gasteiger partial charge on any atom is 0.116 e. The number of phenols is 1. The summed E-state index contributed by atoms with van der Waals surface area (Å²) in [5.74, 6) is 0.252. The molecule has 4 N–H and O–H groups in total. The van der Waals surface area contributed by atoms with Gasteiger partial charge in [-0.15, -0.1) is 0 Å². The van der Waals surface area contributed by atoms with Gasteiger partial charge >= 0.3 is 0 Å². The van der Waals surface area contributed by atoms with Gasteiger partial charge in [0.2, 0.25) is 0 Å². The van der Waals surface area contributed by atoms with E-state index in [1.165, 1.54) is 0 Å². The van der Waals surface area contributed by atoms with Crippen LogP contribution in [0.4, 0.5) is 0 Å². The molecule has 2 aromatic rings. The summed E-state index contributed by atoms with van der Waals surface area (Å²) in [6.45, 7) is -0.0659. The molecule has 0 fully saturated rings. The third-order valence-electron chi connectivity index (χ3n) is 2.47. The van der Waals surface area contributed by atoms with Crippen LogP contribution in [0.5, 0.6) is 5.75 Å². The van der Waals surface area contributed by atoms with Gasteiger partial charge in [-0.05, 0) is 34.5 Å². The first-order valence-corrected chi connectivity index (χ1v) is 4.80. The molecular formula is C12H13NO2. The Kier molecular flexibility index (Phi) is 2.58. The molecule has 78 valence electrons. The van der Waals surface area contributed by atoms with Gasteiger partial charge in [0.15, 0.2) is 0 Å². The van der Waals surface area contributed by atoms with Gasteiger partial charge < -0.3 is 15.9 Å². The molecule has 0 aliphatic heterocycles. The lowest BCUT2D eigenvalue weighted by Crippen LogP contribution is -2.14. The SMILES string of the molecule is N[C@@H](CO)c1ccc2cc(O)ccc2c1. The predicted octanol–water partition coefficient (Wildman–Crippen LogP) is 1.54. The van der Waals surface area contributed by atoms with Crippen molar-refractivity contribution in [2.75, 3.05) is 6.61 Å². The Balaban J connectivity index is 2.52. The number of aliphatic hydroxyl groups is 1. The normalized spacial score (nSPS) is 12.9. The number of nitrogens with two attached hydrogens (primary N) is 1. The molecule has 2 rings (SSSR count). The number of phenolic OH excluding ortho intramolecular Hbond substituents is 1. The molecule has 0 radical (unpaired) electrons. The van der Waals surface area contributed by atoms with Crippen LogP contribution in [-0.2, 0) is 0 Å². The summed E-state index contributed by atoms with van der Waals surface area (Å²) < 4.78 is 0. The van der Waals surface area contributed by atoms with Crippen molar-refractivity contribution in [2.45, 2.75) is 6.04 Å². The largest absolute Gasteiger partial charge is 0.508 e. The van der Waals surface area contributed by atoms with E-state index in [0.717, 1.165) is 16.3 Å². The third kappa shape index (κ3) is 1.93. The number of aliphatic hydroxyl groups excluding tert-OH is 1. The van der Waals surface area contributed by atoms with Crippen molar-refractivity contribution in [3.8, 4) is 5.75 Å². The molecule has 0 saturated heterocycles. The second kappa shape index (κ2) is 3.88. The number of hydrogen-bond acceptors (Lipinski definition) is 3. The average molecular weight is 203 g/mol. The van der Waals surface area contributed by atoms with Crippen LogP contribution in [0.1, 0.15) is 11.6 Å². The molecule has 0 aliphatic rings. The maximum absolute atomic E-state index is 9.29. The van der Waals surface area contributed by atoms with E-state index in [-0.39, 0.29) is 18.4 Å². The van der Waals surface area contributed by atoms with Crippen molar-refractivity contribution in [1.29, 1.82) is 0 Å². The number of rotatable bonds is 2. The Morgan fingerprint density at radius 3 is 2.47 bits per heavy atom. The van der Waals surface area contributed by atoms with E-state index in [9.17, 15) is 5.11 Å². The van der Waals surface area contributed by atoms with Crippen LogP contribution in [0.2, 0.25) is 0 Å². The first kappa shape index (κ1) is 9.96. The van der Waals surface area contributed by atoms with E-state index in [1.54, 1.807) is 12.1 Å². The lowest BCUT2D eigenvalue weighted by Gasteiger charge is -2.09. The van der Waals surface area contributed by atoms with Gasteiger partial charge in [0.25, 0.3) is 0 Å². The zero-order chi connectivity index (χ0) is 10.8. The average Bonchev–Trinajstić information content (AvgIpc) is 2.27. The highest BCUT2D eigenvalue weighted by atomic mass is 16.3. The zero-order valence-electron chi connectivity index (χ0n) is 8.22. The van der Waals surface area contributed by atoms with E-state index in [1.807, 2.05) is 24.3 Å². The van der Waals surface area contributed by atoms with Crippen LogP contribution in [-0.4, -0.2) is 16.8 Å². The fourth-order valence-electron chi connectivity index (χ4n) is 1.59. The van der Waals surface area contributed by atoms with Gasteiger partial charge in [-0.3, -0.25) is 0 Å². The van der Waals surface area contributed by atoms with E-state index >= 15 is 0 Å². The van der Waals surface area contributed by atoms with Gasteiger partial charge in [0.05, 0.1) is 12.6 Å². The van der Waals surface area contributed by atoms with Crippen LogP contribution in [0.3, 0.4) is 0 Å². The molecule has 3 nitrogen and oxygen atoms in total. The smallest absolute Gasteiger partial charge is 0.116 e. The molecule has 15 heavy (non-hydrogen) atoms. The van der Waals surface area contributed by atoms with Gasteiger partial charge in [-0.1, -0.05) is 18.2 Å².